The quantitative estimate of drug-likeness (QED) is 0.325. The Morgan fingerprint density at radius 2 is 1.51 bits per heavy atom. The molecule has 1 N–H and O–H groups in total. The summed E-state index contributed by atoms with van der Waals surface area (Å²) in [6.07, 6.45) is 20.2. The molecule has 0 radical (unpaired) electrons. The van der Waals surface area contributed by atoms with E-state index < -0.39 is 15.9 Å². The summed E-state index contributed by atoms with van der Waals surface area (Å²) < 4.78 is 35.0. The zero-order valence-electron chi connectivity index (χ0n) is 29.3. The number of ether oxygens (including phenoxy) is 1. The van der Waals surface area contributed by atoms with E-state index in [0.717, 1.165) is 30.9 Å². The molecule has 1 amide bonds. The molecule has 2 spiro atoms. The standard InChI is InChI=1S/C41H55N3O4S/c42-28-34-16-7-8-17-38(34)49(46,47)35-20-18-31(19-21-35)29-43-40(45)39-41-23-10-3-1-6-15-33(27-41)32-13-5-2-4-11-24-44(25-12-9-14-32)26-22-36(41)37(30-44)48-39/h7-8,16-21,32-33,36-37,39H,1-6,9-15,22-27,29-30H2/p+1. The predicted molar refractivity (Wildman–Crippen MR) is 190 cm³/mol. The maximum atomic E-state index is 14.5. The van der Waals surface area contributed by atoms with Crippen LogP contribution in [0, 0.1) is 34.5 Å². The van der Waals surface area contributed by atoms with Gasteiger partial charge in [0.15, 0.2) is 0 Å². The number of rotatable bonds is 5. The van der Waals surface area contributed by atoms with Crippen LogP contribution in [-0.4, -0.2) is 57.2 Å². The molecular weight excluding hydrogens is 631 g/mol. The van der Waals surface area contributed by atoms with E-state index in [0.29, 0.717) is 18.4 Å². The van der Waals surface area contributed by atoms with E-state index in [-0.39, 0.29) is 32.8 Å². The molecule has 2 aromatic carbocycles. The molecule has 7 unspecified atom stereocenters. The van der Waals surface area contributed by atoms with Gasteiger partial charge in [0.1, 0.15) is 24.8 Å². The van der Waals surface area contributed by atoms with Crippen LogP contribution < -0.4 is 5.32 Å². The summed E-state index contributed by atoms with van der Waals surface area (Å²) in [5.41, 5.74) is 0.861. The molecule has 6 fully saturated rings. The van der Waals surface area contributed by atoms with E-state index in [2.05, 4.69) is 5.32 Å². The van der Waals surface area contributed by atoms with Gasteiger partial charge >= 0.3 is 0 Å². The van der Waals surface area contributed by atoms with E-state index in [1.807, 2.05) is 6.07 Å². The van der Waals surface area contributed by atoms with Crippen molar-refractivity contribution < 1.29 is 22.4 Å². The highest BCUT2D eigenvalue weighted by Gasteiger charge is 2.62. The number of nitrogens with one attached hydrogen (secondary N) is 1. The lowest BCUT2D eigenvalue weighted by molar-refractivity contribution is -0.937. The second kappa shape index (κ2) is 14.9. The molecule has 5 aliphatic heterocycles. The number of quaternary nitrogens is 1. The van der Waals surface area contributed by atoms with Crippen LogP contribution in [0.2, 0.25) is 0 Å². The highest BCUT2D eigenvalue weighted by Crippen LogP contribution is 2.57. The third-order valence-corrected chi connectivity index (χ3v) is 15.3. The summed E-state index contributed by atoms with van der Waals surface area (Å²) in [5.74, 6) is 1.88. The third kappa shape index (κ3) is 7.10. The average Bonchev–Trinajstić information content (AvgIpc) is 3.47. The Hall–Kier alpha value is -2.73. The van der Waals surface area contributed by atoms with E-state index >= 15 is 0 Å². The molecule has 1 aliphatic carbocycles. The van der Waals surface area contributed by atoms with Crippen molar-refractivity contribution in [3.63, 3.8) is 0 Å². The van der Waals surface area contributed by atoms with Crippen molar-refractivity contribution in [2.75, 3.05) is 26.2 Å². The summed E-state index contributed by atoms with van der Waals surface area (Å²) in [6, 6.07) is 15.0. The number of sulfone groups is 1. The SMILES string of the molecule is N#Cc1ccccc1S(=O)(=O)c1ccc(CNC(=O)C2OC3C[N+]45CCCCCCC(CCCC4)C4CCCCCCC2(C4)C3CC5)cc1. The Bertz CT molecular complexity index is 1620. The molecule has 6 aliphatic rings. The lowest BCUT2D eigenvalue weighted by atomic mass is 9.59. The van der Waals surface area contributed by atoms with Crippen molar-refractivity contribution in [2.45, 2.75) is 131 Å². The number of hydrogen-bond donors (Lipinski definition) is 1. The first-order valence-electron chi connectivity index (χ1n) is 19.5. The van der Waals surface area contributed by atoms with Crippen molar-refractivity contribution in [3.8, 4) is 6.07 Å². The van der Waals surface area contributed by atoms with Crippen LogP contribution in [0.25, 0.3) is 0 Å². The molecule has 5 saturated heterocycles. The summed E-state index contributed by atoms with van der Waals surface area (Å²) >= 11 is 0. The van der Waals surface area contributed by atoms with E-state index in [9.17, 15) is 18.5 Å². The van der Waals surface area contributed by atoms with Crippen LogP contribution in [0.1, 0.15) is 114 Å². The second-order valence-corrected chi connectivity index (χ2v) is 18.1. The molecule has 49 heavy (non-hydrogen) atoms. The van der Waals surface area contributed by atoms with Gasteiger partial charge in [-0.15, -0.1) is 0 Å². The number of carbonyl (C=O) groups is 1. The monoisotopic (exact) mass is 686 g/mol. The predicted octanol–water partition coefficient (Wildman–Crippen LogP) is 7.72. The molecule has 264 valence electrons. The van der Waals surface area contributed by atoms with Crippen molar-refractivity contribution in [3.05, 3.63) is 59.7 Å². The normalized spacial score (nSPS) is 33.9. The van der Waals surface area contributed by atoms with E-state index in [4.69, 9.17) is 4.74 Å². The fourth-order valence-electron chi connectivity index (χ4n) is 10.9. The average molecular weight is 687 g/mol. The van der Waals surface area contributed by atoms with Gasteiger partial charge in [0.25, 0.3) is 0 Å². The first kappa shape index (κ1) is 34.7. The van der Waals surface area contributed by atoms with E-state index in [1.165, 1.54) is 126 Å². The topological polar surface area (TPSA) is 96.3 Å². The Balaban J connectivity index is 1.15. The number of hydrogen-bond acceptors (Lipinski definition) is 5. The lowest BCUT2D eigenvalue weighted by Gasteiger charge is -2.50. The number of carbonyl (C=O) groups excluding carboxylic acids is 1. The van der Waals surface area contributed by atoms with Gasteiger partial charge in [0.2, 0.25) is 15.7 Å². The van der Waals surface area contributed by atoms with Crippen LogP contribution in [0.15, 0.2) is 58.3 Å². The van der Waals surface area contributed by atoms with Gasteiger partial charge in [-0.3, -0.25) is 4.79 Å². The zero-order chi connectivity index (χ0) is 33.9. The van der Waals surface area contributed by atoms with Gasteiger partial charge in [-0.2, -0.15) is 5.26 Å². The summed E-state index contributed by atoms with van der Waals surface area (Å²) in [7, 11) is -3.84. The maximum Gasteiger partial charge on any atom is 0.250 e. The Morgan fingerprint density at radius 3 is 2.29 bits per heavy atom. The van der Waals surface area contributed by atoms with Crippen molar-refractivity contribution in [2.24, 2.45) is 23.2 Å². The Morgan fingerprint density at radius 1 is 0.837 bits per heavy atom. The summed E-state index contributed by atoms with van der Waals surface area (Å²) in [4.78, 5) is 14.6. The van der Waals surface area contributed by atoms with Gasteiger partial charge in [0.05, 0.1) is 35.0 Å². The van der Waals surface area contributed by atoms with Gasteiger partial charge in [0, 0.05) is 24.3 Å². The first-order chi connectivity index (χ1) is 23.8. The second-order valence-electron chi connectivity index (χ2n) is 16.2. The minimum Gasteiger partial charge on any atom is -0.358 e. The first-order valence-corrected chi connectivity index (χ1v) is 20.9. The van der Waals surface area contributed by atoms with Crippen molar-refractivity contribution >= 4 is 15.7 Å². The van der Waals surface area contributed by atoms with Crippen LogP contribution in [0.3, 0.4) is 0 Å². The third-order valence-electron chi connectivity index (χ3n) is 13.4. The Kier molecular flexibility index (Phi) is 10.5. The highest BCUT2D eigenvalue weighted by atomic mass is 32.2. The van der Waals surface area contributed by atoms with Gasteiger partial charge < -0.3 is 14.5 Å². The maximum absolute atomic E-state index is 14.5. The number of nitrogens with zero attached hydrogens (tertiary/aromatic N) is 2. The van der Waals surface area contributed by atoms with Gasteiger partial charge in [-0.25, -0.2) is 8.42 Å². The molecular formula is C41H56N3O4S+. The smallest absolute Gasteiger partial charge is 0.250 e. The minimum atomic E-state index is -3.84. The minimum absolute atomic E-state index is 0.0128. The molecule has 5 heterocycles. The van der Waals surface area contributed by atoms with Crippen LogP contribution in [0.4, 0.5) is 0 Å². The molecule has 8 rings (SSSR count). The molecule has 7 nitrogen and oxygen atoms in total. The largest absolute Gasteiger partial charge is 0.358 e. The zero-order valence-corrected chi connectivity index (χ0v) is 30.1. The summed E-state index contributed by atoms with van der Waals surface area (Å²) in [6.45, 7) is 5.15. The van der Waals surface area contributed by atoms with Crippen LogP contribution in [0.5, 0.6) is 0 Å². The molecule has 2 aromatic rings. The lowest BCUT2D eigenvalue weighted by Crippen LogP contribution is -2.60. The highest BCUT2D eigenvalue weighted by molar-refractivity contribution is 7.91. The Labute approximate surface area is 294 Å². The number of nitriles is 1. The van der Waals surface area contributed by atoms with Crippen LogP contribution in [-0.2, 0) is 25.9 Å². The van der Waals surface area contributed by atoms with Gasteiger partial charge in [-0.05, 0) is 86.6 Å². The summed E-state index contributed by atoms with van der Waals surface area (Å²) in [5, 5.41) is 12.8. The van der Waals surface area contributed by atoms with Crippen LogP contribution >= 0.6 is 0 Å². The fraction of sp³-hybridized carbons (Fsp3) is 0.659. The van der Waals surface area contributed by atoms with Crippen molar-refractivity contribution in [1.29, 1.82) is 5.26 Å². The number of piperidine rings is 1. The molecule has 6 bridgehead atoms. The van der Waals surface area contributed by atoms with Gasteiger partial charge in [-0.1, -0.05) is 75.6 Å². The van der Waals surface area contributed by atoms with E-state index in [1.54, 1.807) is 36.4 Å². The molecule has 8 heteroatoms. The molecule has 0 aromatic heterocycles. The number of benzene rings is 2. The molecule has 1 saturated carbocycles. The number of amides is 1. The van der Waals surface area contributed by atoms with Crippen molar-refractivity contribution in [1.82, 2.24) is 5.32 Å². The number of fused-ring (bicyclic) bond motifs is 1. The fourth-order valence-corrected chi connectivity index (χ4v) is 12.3. The molecule has 7 atom stereocenters.